The topological polar surface area (TPSA) is 107 Å². The molecule has 0 saturated heterocycles. The van der Waals surface area contributed by atoms with Crippen molar-refractivity contribution in [3.05, 3.63) is 14.7 Å². The Kier molecular flexibility index (Phi) is 17.6. The average molecular weight is 151 g/mol. The summed E-state index contributed by atoms with van der Waals surface area (Å²) < 4.78 is 0. The molecule has 58 valence electrons. The van der Waals surface area contributed by atoms with Gasteiger partial charge in [0, 0.05) is 0 Å². The van der Waals surface area contributed by atoms with E-state index in [2.05, 4.69) is 15.1 Å². The minimum absolute atomic E-state index is 0.365. The zero-order valence-electron chi connectivity index (χ0n) is 5.09. The van der Waals surface area contributed by atoms with Crippen LogP contribution in [0.25, 0.3) is 0 Å². The molecule has 0 aromatic rings. The van der Waals surface area contributed by atoms with Crippen LogP contribution in [0.5, 0.6) is 0 Å². The number of rotatable bonds is 4. The summed E-state index contributed by atoms with van der Waals surface area (Å²) in [7, 11) is 0. The van der Waals surface area contributed by atoms with Gasteiger partial charge < -0.3 is 4.84 Å². The molecule has 0 fully saturated rings. The van der Waals surface area contributed by atoms with Gasteiger partial charge >= 0.3 is 0 Å². The first-order valence-electron chi connectivity index (χ1n) is 2.09. The first kappa shape index (κ1) is 11.2. The van der Waals surface area contributed by atoms with Crippen molar-refractivity contribution >= 4 is 0 Å². The van der Waals surface area contributed by atoms with Gasteiger partial charge in [0.1, 0.15) is 6.61 Å². The molecule has 0 saturated carbocycles. The minimum atomic E-state index is 0.365. The van der Waals surface area contributed by atoms with Gasteiger partial charge in [0.05, 0.1) is 0 Å². The lowest BCUT2D eigenvalue weighted by Crippen LogP contribution is -1.71. The third kappa shape index (κ3) is 32.4. The molecule has 0 bridgehead atoms. The predicted molar refractivity (Wildman–Crippen MR) is 30.1 cm³/mol. The lowest BCUT2D eigenvalue weighted by atomic mass is 10.9. The maximum absolute atomic E-state index is 8.93. The Morgan fingerprint density at radius 2 is 1.60 bits per heavy atom. The van der Waals surface area contributed by atoms with Crippen molar-refractivity contribution in [3.63, 3.8) is 0 Å². The van der Waals surface area contributed by atoms with E-state index in [0.717, 1.165) is 0 Å². The lowest BCUT2D eigenvalue weighted by Gasteiger charge is -1.76. The molecular weight excluding hydrogens is 146 g/mol. The van der Waals surface area contributed by atoms with E-state index in [4.69, 9.17) is 14.7 Å². The van der Waals surface area contributed by atoms with Gasteiger partial charge in [-0.25, -0.2) is 0 Å². The second-order valence-electron chi connectivity index (χ2n) is 0.723. The van der Waals surface area contributed by atoms with Crippen molar-refractivity contribution in [2.45, 2.75) is 6.92 Å². The molecule has 0 aliphatic carbocycles. The maximum atomic E-state index is 8.93. The highest BCUT2D eigenvalue weighted by molar-refractivity contribution is 4.01. The van der Waals surface area contributed by atoms with Crippen molar-refractivity contribution in [2.24, 2.45) is 16.0 Å². The highest BCUT2D eigenvalue weighted by atomic mass is 16.9. The van der Waals surface area contributed by atoms with Crippen LogP contribution >= 0.6 is 0 Å². The van der Waals surface area contributed by atoms with E-state index < -0.39 is 0 Å². The van der Waals surface area contributed by atoms with Gasteiger partial charge in [-0.1, -0.05) is 0 Å². The fourth-order valence-corrected chi connectivity index (χ4v) is 0.0663. The Labute approximate surface area is 55.3 Å². The van der Waals surface area contributed by atoms with E-state index in [1.54, 1.807) is 17.6 Å². The summed E-state index contributed by atoms with van der Waals surface area (Å²) in [6.07, 6.45) is 0. The molecule has 0 aromatic heterocycles. The van der Waals surface area contributed by atoms with Crippen LogP contribution in [0.2, 0.25) is 0 Å². The molecule has 0 rings (SSSR count). The molecule has 0 unspecified atom stereocenters. The highest BCUT2D eigenvalue weighted by Gasteiger charge is 1.62. The van der Waals surface area contributed by atoms with Gasteiger partial charge in [-0.2, -0.15) is 4.94 Å². The normalized spacial score (nSPS) is 6.10. The number of hydrogen-bond acceptors (Lipinski definition) is 8. The predicted octanol–water partition coefficient (Wildman–Crippen LogP) is 1.07. The van der Waals surface area contributed by atoms with Gasteiger partial charge in [0.25, 0.3) is 0 Å². The maximum Gasteiger partial charge on any atom is 0.187 e. The number of hydrogen-bond donors (Lipinski definition) is 0. The van der Waals surface area contributed by atoms with Gasteiger partial charge in [-0.3, -0.25) is 0 Å². The smallest absolute Gasteiger partial charge is 0.187 e. The van der Waals surface area contributed by atoms with Crippen LogP contribution in [0.3, 0.4) is 0 Å². The van der Waals surface area contributed by atoms with E-state index in [9.17, 15) is 0 Å². The Balaban J connectivity index is 0. The molecule has 0 aromatic carbocycles. The Morgan fingerprint density at radius 3 is 1.60 bits per heavy atom. The first-order valence-corrected chi connectivity index (χ1v) is 2.09. The summed E-state index contributed by atoms with van der Waals surface area (Å²) in [6.45, 7) is 2.06. The van der Waals surface area contributed by atoms with Crippen molar-refractivity contribution in [2.75, 3.05) is 6.61 Å². The SMILES string of the molecule is CCON=O.O=NON=O. The lowest BCUT2D eigenvalue weighted by molar-refractivity contribution is 0.146. The van der Waals surface area contributed by atoms with Crippen LogP contribution in [-0.4, -0.2) is 6.61 Å². The molecule has 0 N–H and O–H groups in total. The second kappa shape index (κ2) is 15.7. The third-order valence-electron chi connectivity index (χ3n) is 0.248. The van der Waals surface area contributed by atoms with Crippen LogP contribution in [0, 0.1) is 14.7 Å². The van der Waals surface area contributed by atoms with Gasteiger partial charge in [-0.05, 0) is 6.92 Å². The summed E-state index contributed by atoms with van der Waals surface area (Å²) >= 11 is 0. The minimum Gasteiger partial charge on any atom is -0.364 e. The van der Waals surface area contributed by atoms with Crippen LogP contribution < -0.4 is 0 Å². The zero-order chi connectivity index (χ0) is 8.24. The Hall–Kier alpha value is -1.60. The van der Waals surface area contributed by atoms with E-state index >= 15 is 0 Å². The molecule has 0 atom stereocenters. The van der Waals surface area contributed by atoms with Gasteiger partial charge in [0.2, 0.25) is 0 Å². The molecule has 0 amide bonds. The summed E-state index contributed by atoms with van der Waals surface area (Å²) in [4.78, 5) is 33.1. The van der Waals surface area contributed by atoms with Crippen molar-refractivity contribution in [1.82, 2.24) is 0 Å². The molecule has 0 heterocycles. The van der Waals surface area contributed by atoms with Crippen LogP contribution in [0.4, 0.5) is 0 Å². The molecule has 0 aliphatic heterocycles. The van der Waals surface area contributed by atoms with Crippen LogP contribution in [0.1, 0.15) is 6.92 Å². The summed E-state index contributed by atoms with van der Waals surface area (Å²) in [5, 5.41) is 5.35. The largest absolute Gasteiger partial charge is 0.364 e. The fraction of sp³-hybridized carbons (Fsp3) is 1.00. The van der Waals surface area contributed by atoms with Crippen molar-refractivity contribution in [3.8, 4) is 0 Å². The first-order chi connectivity index (χ1) is 4.83. The molecule has 8 nitrogen and oxygen atoms in total. The average Bonchev–Trinajstić information content (AvgIpc) is 1.93. The Bertz CT molecular complexity index is 88.9. The van der Waals surface area contributed by atoms with E-state index in [1.165, 1.54) is 0 Å². The quantitative estimate of drug-likeness (QED) is 0.441. The molecule has 0 spiro atoms. The summed E-state index contributed by atoms with van der Waals surface area (Å²) in [5.41, 5.74) is 0. The van der Waals surface area contributed by atoms with E-state index in [-0.39, 0.29) is 0 Å². The standard InChI is InChI=1S/C2H5NO2.N2O3/c1-2-5-3-4;3-1-5-2-4/h2H2,1H3;. The van der Waals surface area contributed by atoms with Crippen LogP contribution in [-0.2, 0) is 9.78 Å². The monoisotopic (exact) mass is 151 g/mol. The molecule has 0 aliphatic rings. The second-order valence-corrected chi connectivity index (χ2v) is 0.723. The molecule has 0 radical (unpaired) electrons. The fourth-order valence-electron chi connectivity index (χ4n) is 0.0663. The van der Waals surface area contributed by atoms with Crippen LogP contribution in [0.15, 0.2) is 16.0 Å². The molecule has 10 heavy (non-hydrogen) atoms. The molecular formula is C2H5N3O5. The van der Waals surface area contributed by atoms with E-state index in [1.807, 2.05) is 0 Å². The summed E-state index contributed by atoms with van der Waals surface area (Å²) in [5.74, 6) is 0. The summed E-state index contributed by atoms with van der Waals surface area (Å²) in [6, 6.07) is 0. The zero-order valence-corrected chi connectivity index (χ0v) is 5.09. The van der Waals surface area contributed by atoms with Crippen molar-refractivity contribution in [1.29, 1.82) is 0 Å². The van der Waals surface area contributed by atoms with Crippen molar-refractivity contribution < 1.29 is 9.78 Å². The van der Waals surface area contributed by atoms with Gasteiger partial charge in [-0.15, -0.1) is 14.7 Å². The number of nitrogens with zero attached hydrogens (tertiary/aromatic N) is 3. The van der Waals surface area contributed by atoms with Gasteiger partial charge in [0.15, 0.2) is 16.0 Å². The third-order valence-corrected chi connectivity index (χ3v) is 0.248. The molecule has 8 heteroatoms. The highest BCUT2D eigenvalue weighted by Crippen LogP contribution is 1.66. The Morgan fingerprint density at radius 1 is 1.10 bits per heavy atom. The van der Waals surface area contributed by atoms with E-state index in [0.29, 0.717) is 6.61 Å².